The van der Waals surface area contributed by atoms with Gasteiger partial charge < -0.3 is 10.1 Å². The van der Waals surface area contributed by atoms with Crippen LogP contribution in [-0.4, -0.2) is 13.2 Å². The average Bonchev–Trinajstić information content (AvgIpc) is 3.31. The third-order valence-corrected chi connectivity index (χ3v) is 3.98. The Balaban J connectivity index is 1.90. The highest BCUT2D eigenvalue weighted by Gasteiger charge is 2.20. The highest BCUT2D eigenvalue weighted by molar-refractivity contribution is 6.32. The summed E-state index contributed by atoms with van der Waals surface area (Å²) in [6.07, 6.45) is 2.48. The van der Waals surface area contributed by atoms with E-state index in [-0.39, 0.29) is 5.82 Å². The largest absolute Gasteiger partial charge is 0.495 e. The van der Waals surface area contributed by atoms with Crippen LogP contribution in [0.1, 0.15) is 18.4 Å². The Kier molecular flexibility index (Phi) is 4.13. The first-order chi connectivity index (χ1) is 10.2. The van der Waals surface area contributed by atoms with E-state index in [0.717, 1.165) is 17.7 Å². The third-order valence-electron chi connectivity index (χ3n) is 3.67. The highest BCUT2D eigenvalue weighted by Crippen LogP contribution is 2.32. The molecule has 1 fully saturated rings. The maximum absolute atomic E-state index is 14.1. The number of halogens is 2. The van der Waals surface area contributed by atoms with Crippen LogP contribution in [-0.2, 0) is 6.54 Å². The second-order valence-corrected chi connectivity index (χ2v) is 5.73. The SMILES string of the molecule is COc1cc(-c2cc(CNC3CC3)ccc2F)ccc1Cl. The molecule has 0 radical (unpaired) electrons. The van der Waals surface area contributed by atoms with Gasteiger partial charge in [-0.05, 0) is 48.2 Å². The molecule has 0 unspecified atom stereocenters. The van der Waals surface area contributed by atoms with Crippen molar-refractivity contribution in [3.05, 3.63) is 52.8 Å². The van der Waals surface area contributed by atoms with Crippen molar-refractivity contribution in [2.75, 3.05) is 7.11 Å². The molecule has 1 saturated carbocycles. The van der Waals surface area contributed by atoms with E-state index in [9.17, 15) is 4.39 Å². The van der Waals surface area contributed by atoms with Gasteiger partial charge in [0.25, 0.3) is 0 Å². The molecule has 2 aromatic carbocycles. The smallest absolute Gasteiger partial charge is 0.138 e. The molecule has 1 aliphatic carbocycles. The van der Waals surface area contributed by atoms with Crippen molar-refractivity contribution in [2.24, 2.45) is 0 Å². The number of nitrogens with one attached hydrogen (secondary N) is 1. The fourth-order valence-corrected chi connectivity index (χ4v) is 2.48. The first-order valence-electron chi connectivity index (χ1n) is 7.03. The van der Waals surface area contributed by atoms with E-state index in [2.05, 4.69) is 5.32 Å². The molecular weight excluding hydrogens is 289 g/mol. The van der Waals surface area contributed by atoms with Crippen LogP contribution in [0.15, 0.2) is 36.4 Å². The van der Waals surface area contributed by atoms with Crippen LogP contribution in [0.3, 0.4) is 0 Å². The van der Waals surface area contributed by atoms with Gasteiger partial charge in [-0.2, -0.15) is 0 Å². The number of rotatable bonds is 5. The minimum atomic E-state index is -0.241. The summed E-state index contributed by atoms with van der Waals surface area (Å²) in [5, 5.41) is 3.96. The van der Waals surface area contributed by atoms with Crippen molar-refractivity contribution < 1.29 is 9.13 Å². The number of hydrogen-bond donors (Lipinski definition) is 1. The van der Waals surface area contributed by atoms with Gasteiger partial charge in [0.1, 0.15) is 11.6 Å². The number of benzene rings is 2. The first-order valence-corrected chi connectivity index (χ1v) is 7.41. The Bertz CT molecular complexity index is 655. The van der Waals surface area contributed by atoms with Gasteiger partial charge in [0.05, 0.1) is 12.1 Å². The number of hydrogen-bond acceptors (Lipinski definition) is 2. The number of ether oxygens (including phenoxy) is 1. The van der Waals surface area contributed by atoms with Gasteiger partial charge in [0.2, 0.25) is 0 Å². The predicted octanol–water partition coefficient (Wildman–Crippen LogP) is 4.41. The zero-order valence-electron chi connectivity index (χ0n) is 11.8. The van der Waals surface area contributed by atoms with Crippen molar-refractivity contribution in [1.82, 2.24) is 5.32 Å². The maximum Gasteiger partial charge on any atom is 0.138 e. The van der Waals surface area contributed by atoms with E-state index in [1.807, 2.05) is 12.1 Å². The summed E-state index contributed by atoms with van der Waals surface area (Å²) in [7, 11) is 1.55. The van der Waals surface area contributed by atoms with Crippen LogP contribution in [0, 0.1) is 5.82 Å². The molecule has 0 amide bonds. The topological polar surface area (TPSA) is 21.3 Å². The van der Waals surface area contributed by atoms with E-state index < -0.39 is 0 Å². The number of methoxy groups -OCH3 is 1. The molecule has 0 atom stereocenters. The lowest BCUT2D eigenvalue weighted by Gasteiger charge is -2.10. The van der Waals surface area contributed by atoms with Crippen LogP contribution in [0.4, 0.5) is 4.39 Å². The van der Waals surface area contributed by atoms with Gasteiger partial charge in [0.15, 0.2) is 0 Å². The normalized spacial score (nSPS) is 14.2. The van der Waals surface area contributed by atoms with Crippen molar-refractivity contribution in [2.45, 2.75) is 25.4 Å². The summed E-state index contributed by atoms with van der Waals surface area (Å²) in [4.78, 5) is 0. The van der Waals surface area contributed by atoms with Crippen LogP contribution in [0.2, 0.25) is 5.02 Å². The van der Waals surface area contributed by atoms with Crippen LogP contribution < -0.4 is 10.1 Å². The lowest BCUT2D eigenvalue weighted by atomic mass is 10.0. The van der Waals surface area contributed by atoms with E-state index in [0.29, 0.717) is 22.4 Å². The Hall–Kier alpha value is -1.58. The average molecular weight is 306 g/mol. The summed E-state index contributed by atoms with van der Waals surface area (Å²) in [6.45, 7) is 0.767. The molecule has 0 aromatic heterocycles. The van der Waals surface area contributed by atoms with Crippen molar-refractivity contribution in [3.63, 3.8) is 0 Å². The summed E-state index contributed by atoms with van der Waals surface area (Å²) < 4.78 is 19.3. The van der Waals surface area contributed by atoms with Gasteiger partial charge in [0, 0.05) is 18.2 Å². The van der Waals surface area contributed by atoms with Gasteiger partial charge in [-0.25, -0.2) is 4.39 Å². The van der Waals surface area contributed by atoms with Crippen LogP contribution in [0.5, 0.6) is 5.75 Å². The minimum Gasteiger partial charge on any atom is -0.495 e. The van der Waals surface area contributed by atoms with Crippen molar-refractivity contribution in [1.29, 1.82) is 0 Å². The third kappa shape index (κ3) is 3.36. The molecule has 2 aromatic rings. The molecule has 0 bridgehead atoms. The van der Waals surface area contributed by atoms with E-state index in [1.165, 1.54) is 18.9 Å². The molecular formula is C17H17ClFNO. The Morgan fingerprint density at radius 2 is 2.05 bits per heavy atom. The molecule has 1 N–H and O–H groups in total. The van der Waals surface area contributed by atoms with E-state index in [4.69, 9.17) is 16.3 Å². The van der Waals surface area contributed by atoms with Crippen molar-refractivity contribution in [3.8, 4) is 16.9 Å². The van der Waals surface area contributed by atoms with Gasteiger partial charge in [-0.15, -0.1) is 0 Å². The second kappa shape index (κ2) is 6.04. The molecule has 2 nitrogen and oxygen atoms in total. The molecule has 3 rings (SSSR count). The molecule has 0 aliphatic heterocycles. The Morgan fingerprint density at radius 3 is 2.76 bits per heavy atom. The van der Waals surface area contributed by atoms with E-state index in [1.54, 1.807) is 25.3 Å². The molecule has 0 saturated heterocycles. The monoisotopic (exact) mass is 305 g/mol. The Labute approximate surface area is 128 Å². The highest BCUT2D eigenvalue weighted by atomic mass is 35.5. The fraction of sp³-hybridized carbons (Fsp3) is 0.294. The van der Waals surface area contributed by atoms with Gasteiger partial charge in [-0.1, -0.05) is 23.7 Å². The zero-order chi connectivity index (χ0) is 14.8. The summed E-state index contributed by atoms with van der Waals surface area (Å²) in [5.41, 5.74) is 2.41. The van der Waals surface area contributed by atoms with Crippen LogP contribution in [0.25, 0.3) is 11.1 Å². The zero-order valence-corrected chi connectivity index (χ0v) is 12.6. The fourth-order valence-electron chi connectivity index (χ4n) is 2.28. The first kappa shape index (κ1) is 14.4. The summed E-state index contributed by atoms with van der Waals surface area (Å²) >= 11 is 6.02. The minimum absolute atomic E-state index is 0.241. The molecule has 4 heteroatoms. The maximum atomic E-state index is 14.1. The Morgan fingerprint density at radius 1 is 1.24 bits per heavy atom. The van der Waals surface area contributed by atoms with E-state index >= 15 is 0 Å². The molecule has 1 aliphatic rings. The quantitative estimate of drug-likeness (QED) is 0.883. The van der Waals surface area contributed by atoms with Crippen molar-refractivity contribution >= 4 is 11.6 Å². The van der Waals surface area contributed by atoms with Crippen LogP contribution >= 0.6 is 11.6 Å². The molecule has 21 heavy (non-hydrogen) atoms. The lowest BCUT2D eigenvalue weighted by molar-refractivity contribution is 0.415. The molecule has 0 spiro atoms. The standard InChI is InChI=1S/C17H17ClFNO/c1-21-17-9-12(3-6-15(17)18)14-8-11(2-7-16(14)19)10-20-13-4-5-13/h2-3,6-9,13,20H,4-5,10H2,1H3. The molecule has 110 valence electrons. The van der Waals surface area contributed by atoms with Gasteiger partial charge in [-0.3, -0.25) is 0 Å². The lowest BCUT2D eigenvalue weighted by Crippen LogP contribution is -2.15. The summed E-state index contributed by atoms with van der Waals surface area (Å²) in [5.74, 6) is 0.310. The predicted molar refractivity (Wildman–Crippen MR) is 83.3 cm³/mol. The molecule has 0 heterocycles. The summed E-state index contributed by atoms with van der Waals surface area (Å²) in [6, 6.07) is 11.1. The second-order valence-electron chi connectivity index (χ2n) is 5.32. The van der Waals surface area contributed by atoms with Gasteiger partial charge >= 0.3 is 0 Å².